The zero-order chi connectivity index (χ0) is 25.0. The third-order valence-electron chi connectivity index (χ3n) is 7.01. The van der Waals surface area contributed by atoms with Crippen molar-refractivity contribution in [3.63, 3.8) is 0 Å². The molecule has 2 aromatic rings. The molecule has 35 heavy (non-hydrogen) atoms. The molecule has 2 fully saturated rings. The van der Waals surface area contributed by atoms with Crippen LogP contribution in [0.2, 0.25) is 0 Å². The Balaban J connectivity index is 1.13. The fraction of sp³-hybridized carbons (Fsp3) is 0.630. The highest BCUT2D eigenvalue weighted by Crippen LogP contribution is 2.32. The average Bonchev–Trinajstić information content (AvgIpc) is 2.78. The number of ketones is 1. The first kappa shape index (κ1) is 25.4. The molecule has 1 saturated carbocycles. The molecule has 0 spiro atoms. The summed E-state index contributed by atoms with van der Waals surface area (Å²) >= 11 is 0. The van der Waals surface area contributed by atoms with E-state index in [9.17, 15) is 9.59 Å². The second-order valence-corrected chi connectivity index (χ2v) is 11.2. The molecule has 190 valence electrons. The smallest absolute Gasteiger partial charge is 0.407 e. The molecule has 0 bridgehead atoms. The topological polar surface area (TPSA) is 96.5 Å². The van der Waals surface area contributed by atoms with Gasteiger partial charge in [-0.3, -0.25) is 9.69 Å². The number of anilines is 1. The maximum Gasteiger partial charge on any atom is 0.407 e. The van der Waals surface area contributed by atoms with Gasteiger partial charge in [0.2, 0.25) is 0 Å². The van der Waals surface area contributed by atoms with Crippen LogP contribution in [0.4, 0.5) is 10.6 Å². The zero-order valence-electron chi connectivity index (χ0n) is 21.5. The molecule has 1 aromatic heterocycles. The maximum absolute atomic E-state index is 12.6. The molecule has 4 rings (SSSR count). The SMILES string of the molecule is Cc1ccc2ncnc(NCC(=O)CC3CN(C4CCC(CNC(=O)OC(C)(C)C)CC4)C3)c2c1. The first-order chi connectivity index (χ1) is 16.7. The fourth-order valence-corrected chi connectivity index (χ4v) is 5.18. The Morgan fingerprint density at radius 2 is 1.83 bits per heavy atom. The van der Waals surface area contributed by atoms with Crippen LogP contribution in [0, 0.1) is 18.8 Å². The van der Waals surface area contributed by atoms with E-state index in [0.29, 0.717) is 37.4 Å². The van der Waals surface area contributed by atoms with Crippen molar-refractivity contribution in [2.24, 2.45) is 11.8 Å². The van der Waals surface area contributed by atoms with Crippen LogP contribution in [0.3, 0.4) is 0 Å². The summed E-state index contributed by atoms with van der Waals surface area (Å²) in [7, 11) is 0. The number of benzene rings is 1. The molecule has 0 atom stereocenters. The van der Waals surface area contributed by atoms with E-state index in [2.05, 4.69) is 25.5 Å². The Morgan fingerprint density at radius 1 is 1.09 bits per heavy atom. The molecule has 2 N–H and O–H groups in total. The number of alkyl carbamates (subject to hydrolysis) is 1. The van der Waals surface area contributed by atoms with Crippen molar-refractivity contribution in [3.8, 4) is 0 Å². The number of carbonyl (C=O) groups excluding carboxylic acids is 2. The summed E-state index contributed by atoms with van der Waals surface area (Å²) in [5.74, 6) is 1.91. The predicted molar refractivity (Wildman–Crippen MR) is 137 cm³/mol. The summed E-state index contributed by atoms with van der Waals surface area (Å²) in [6, 6.07) is 6.66. The normalized spacial score (nSPS) is 21.4. The Kier molecular flexibility index (Phi) is 7.89. The number of fused-ring (bicyclic) bond motifs is 1. The van der Waals surface area contributed by atoms with Gasteiger partial charge in [-0.05, 0) is 77.3 Å². The molecule has 1 aromatic carbocycles. The van der Waals surface area contributed by atoms with Crippen molar-refractivity contribution >= 4 is 28.6 Å². The minimum absolute atomic E-state index is 0.228. The number of rotatable bonds is 8. The zero-order valence-corrected chi connectivity index (χ0v) is 21.5. The molecule has 1 saturated heterocycles. The van der Waals surface area contributed by atoms with Gasteiger partial charge in [-0.2, -0.15) is 0 Å². The van der Waals surface area contributed by atoms with E-state index in [1.165, 1.54) is 6.33 Å². The molecule has 0 unspecified atom stereocenters. The average molecular weight is 482 g/mol. The van der Waals surface area contributed by atoms with Gasteiger partial charge in [0.25, 0.3) is 0 Å². The van der Waals surface area contributed by atoms with Gasteiger partial charge in [-0.15, -0.1) is 0 Å². The molecule has 1 amide bonds. The summed E-state index contributed by atoms with van der Waals surface area (Å²) in [6.45, 7) is 10.7. The van der Waals surface area contributed by atoms with Gasteiger partial charge >= 0.3 is 6.09 Å². The van der Waals surface area contributed by atoms with Gasteiger partial charge in [0.05, 0.1) is 12.1 Å². The Bertz CT molecular complexity index is 1040. The lowest BCUT2D eigenvalue weighted by Crippen LogP contribution is -2.53. The van der Waals surface area contributed by atoms with Crippen molar-refractivity contribution in [2.75, 3.05) is 31.5 Å². The first-order valence-corrected chi connectivity index (χ1v) is 12.8. The lowest BCUT2D eigenvalue weighted by molar-refractivity contribution is -0.120. The van der Waals surface area contributed by atoms with E-state index in [1.807, 2.05) is 45.9 Å². The summed E-state index contributed by atoms with van der Waals surface area (Å²) in [6.07, 6.45) is 6.38. The van der Waals surface area contributed by atoms with E-state index in [1.54, 1.807) is 0 Å². The van der Waals surface area contributed by atoms with Gasteiger partial charge in [-0.1, -0.05) is 11.6 Å². The van der Waals surface area contributed by atoms with Gasteiger partial charge in [0.1, 0.15) is 17.7 Å². The van der Waals surface area contributed by atoms with Crippen LogP contribution in [-0.4, -0.2) is 64.6 Å². The van der Waals surface area contributed by atoms with Gasteiger partial charge in [0, 0.05) is 37.5 Å². The Morgan fingerprint density at radius 3 is 2.54 bits per heavy atom. The maximum atomic E-state index is 12.6. The minimum Gasteiger partial charge on any atom is -0.444 e. The lowest BCUT2D eigenvalue weighted by Gasteiger charge is -2.46. The molecule has 1 aliphatic heterocycles. The number of hydrogen-bond donors (Lipinski definition) is 2. The van der Waals surface area contributed by atoms with Crippen molar-refractivity contribution in [1.82, 2.24) is 20.2 Å². The predicted octanol–water partition coefficient (Wildman–Crippen LogP) is 4.32. The van der Waals surface area contributed by atoms with E-state index in [4.69, 9.17) is 4.74 Å². The Hall–Kier alpha value is -2.74. The molecular weight excluding hydrogens is 442 g/mol. The number of likely N-dealkylation sites (tertiary alicyclic amines) is 1. The van der Waals surface area contributed by atoms with E-state index in [-0.39, 0.29) is 11.9 Å². The van der Waals surface area contributed by atoms with Crippen LogP contribution in [0.15, 0.2) is 24.5 Å². The van der Waals surface area contributed by atoms with Gasteiger partial charge in [-0.25, -0.2) is 14.8 Å². The van der Waals surface area contributed by atoms with Crippen LogP contribution in [0.1, 0.15) is 58.4 Å². The van der Waals surface area contributed by atoms with Crippen LogP contribution in [-0.2, 0) is 9.53 Å². The number of aromatic nitrogens is 2. The third kappa shape index (κ3) is 7.13. The molecule has 2 heterocycles. The highest BCUT2D eigenvalue weighted by atomic mass is 16.6. The van der Waals surface area contributed by atoms with E-state index < -0.39 is 5.60 Å². The second kappa shape index (κ2) is 10.9. The number of amides is 1. The number of nitrogens with one attached hydrogen (secondary N) is 2. The fourth-order valence-electron chi connectivity index (χ4n) is 5.18. The number of hydrogen-bond acceptors (Lipinski definition) is 7. The number of aryl methyl sites for hydroxylation is 1. The molecule has 2 aliphatic rings. The van der Waals surface area contributed by atoms with Crippen LogP contribution >= 0.6 is 0 Å². The summed E-state index contributed by atoms with van der Waals surface area (Å²) in [5.41, 5.74) is 1.56. The minimum atomic E-state index is -0.462. The number of ether oxygens (including phenoxy) is 1. The van der Waals surface area contributed by atoms with Crippen LogP contribution < -0.4 is 10.6 Å². The molecule has 8 nitrogen and oxygen atoms in total. The molecule has 8 heteroatoms. The summed E-state index contributed by atoms with van der Waals surface area (Å²) < 4.78 is 5.33. The van der Waals surface area contributed by atoms with Crippen molar-refractivity contribution in [3.05, 3.63) is 30.1 Å². The van der Waals surface area contributed by atoms with E-state index in [0.717, 1.165) is 61.1 Å². The highest BCUT2D eigenvalue weighted by Gasteiger charge is 2.35. The molecule has 0 radical (unpaired) electrons. The standard InChI is InChI=1S/C27H39N5O3/c1-18-5-10-24-23(11-18)25(31-17-30-24)28-14-22(33)12-20-15-32(16-20)21-8-6-19(7-9-21)13-29-26(34)35-27(2,3)4/h5,10-11,17,19-21H,6-9,12-16H2,1-4H3,(H,29,34)(H,28,30,31). The quantitative estimate of drug-likeness (QED) is 0.579. The van der Waals surface area contributed by atoms with Crippen LogP contribution in [0.5, 0.6) is 0 Å². The summed E-state index contributed by atoms with van der Waals surface area (Å²) in [5, 5.41) is 7.10. The number of carbonyl (C=O) groups is 2. The molecule has 1 aliphatic carbocycles. The van der Waals surface area contributed by atoms with Crippen molar-refractivity contribution in [1.29, 1.82) is 0 Å². The number of Topliss-reactive ketones (excluding diaryl/α,β-unsaturated/α-hetero) is 1. The van der Waals surface area contributed by atoms with Crippen molar-refractivity contribution < 1.29 is 14.3 Å². The molecular formula is C27H39N5O3. The highest BCUT2D eigenvalue weighted by molar-refractivity contribution is 5.91. The van der Waals surface area contributed by atoms with E-state index >= 15 is 0 Å². The third-order valence-corrected chi connectivity index (χ3v) is 7.01. The lowest BCUT2D eigenvalue weighted by atomic mass is 9.82. The van der Waals surface area contributed by atoms with Crippen molar-refractivity contribution in [2.45, 2.75) is 71.4 Å². The summed E-state index contributed by atoms with van der Waals surface area (Å²) in [4.78, 5) is 35.6. The largest absolute Gasteiger partial charge is 0.444 e. The van der Waals surface area contributed by atoms with Gasteiger partial charge < -0.3 is 15.4 Å². The first-order valence-electron chi connectivity index (χ1n) is 12.8. The monoisotopic (exact) mass is 481 g/mol. The Labute approximate surface area is 208 Å². The second-order valence-electron chi connectivity index (χ2n) is 11.2. The van der Waals surface area contributed by atoms with Gasteiger partial charge in [0.15, 0.2) is 5.78 Å². The van der Waals surface area contributed by atoms with Crippen LogP contribution in [0.25, 0.3) is 10.9 Å². The number of nitrogens with zero attached hydrogens (tertiary/aromatic N) is 3.